The second kappa shape index (κ2) is 5.23. The number of furan rings is 1. The van der Waals surface area contributed by atoms with E-state index in [2.05, 4.69) is 0 Å². The molecule has 0 atom stereocenters. The van der Waals surface area contributed by atoms with Crippen LogP contribution in [0.5, 0.6) is 0 Å². The van der Waals surface area contributed by atoms with Crippen molar-refractivity contribution in [3.63, 3.8) is 0 Å². The first-order valence-corrected chi connectivity index (χ1v) is 6.53. The van der Waals surface area contributed by atoms with Gasteiger partial charge in [0.1, 0.15) is 5.76 Å². The van der Waals surface area contributed by atoms with Gasteiger partial charge in [0.2, 0.25) is 0 Å². The lowest BCUT2D eigenvalue weighted by Gasteiger charge is -2.05. The first-order chi connectivity index (χ1) is 9.81. The Kier molecular flexibility index (Phi) is 3.27. The molecule has 1 heterocycles. The summed E-state index contributed by atoms with van der Waals surface area (Å²) in [5.41, 5.74) is 15.7. The summed E-state index contributed by atoms with van der Waals surface area (Å²) >= 11 is 0. The van der Waals surface area contributed by atoms with Crippen LogP contribution in [0.2, 0.25) is 0 Å². The quantitative estimate of drug-likeness (QED) is 0.758. The van der Waals surface area contributed by atoms with E-state index >= 15 is 0 Å². The molecule has 3 aromatic rings. The Labute approximate surface area is 117 Å². The molecule has 0 bridgehead atoms. The van der Waals surface area contributed by atoms with Gasteiger partial charge in [0, 0.05) is 23.2 Å². The van der Waals surface area contributed by atoms with Gasteiger partial charge in [0.15, 0.2) is 5.88 Å². The normalized spacial score (nSPS) is 10.7. The van der Waals surface area contributed by atoms with Crippen LogP contribution in [-0.2, 0) is 6.54 Å². The predicted octanol–water partition coefficient (Wildman–Crippen LogP) is 3.65. The van der Waals surface area contributed by atoms with Gasteiger partial charge in [-0.1, -0.05) is 60.7 Å². The first kappa shape index (κ1) is 12.5. The van der Waals surface area contributed by atoms with E-state index in [-0.39, 0.29) is 0 Å². The summed E-state index contributed by atoms with van der Waals surface area (Å²) in [6.07, 6.45) is 0. The van der Waals surface area contributed by atoms with Crippen LogP contribution in [0.4, 0.5) is 5.88 Å². The van der Waals surface area contributed by atoms with Gasteiger partial charge >= 0.3 is 0 Å². The Hall–Kier alpha value is -2.52. The molecule has 3 rings (SSSR count). The summed E-state index contributed by atoms with van der Waals surface area (Å²) < 4.78 is 5.77. The highest BCUT2D eigenvalue weighted by Crippen LogP contribution is 2.40. The van der Waals surface area contributed by atoms with Crippen LogP contribution in [0.1, 0.15) is 5.56 Å². The van der Waals surface area contributed by atoms with Crippen molar-refractivity contribution in [2.75, 3.05) is 5.73 Å². The molecule has 20 heavy (non-hydrogen) atoms. The van der Waals surface area contributed by atoms with Gasteiger partial charge in [-0.2, -0.15) is 0 Å². The predicted molar refractivity (Wildman–Crippen MR) is 81.9 cm³/mol. The number of hydrogen-bond donors (Lipinski definition) is 2. The number of benzene rings is 2. The zero-order valence-electron chi connectivity index (χ0n) is 11.0. The van der Waals surface area contributed by atoms with E-state index in [0.29, 0.717) is 12.4 Å². The molecule has 0 amide bonds. The topological polar surface area (TPSA) is 65.2 Å². The van der Waals surface area contributed by atoms with Crippen LogP contribution in [-0.4, -0.2) is 0 Å². The van der Waals surface area contributed by atoms with Gasteiger partial charge in [-0.05, 0) is 5.56 Å². The van der Waals surface area contributed by atoms with E-state index in [1.807, 2.05) is 60.7 Å². The second-order valence-corrected chi connectivity index (χ2v) is 4.59. The molecular weight excluding hydrogens is 248 g/mol. The maximum absolute atomic E-state index is 5.98. The van der Waals surface area contributed by atoms with Crippen LogP contribution in [0.3, 0.4) is 0 Å². The number of nitrogens with two attached hydrogens (primary N) is 2. The molecule has 0 fully saturated rings. The maximum Gasteiger partial charge on any atom is 0.196 e. The summed E-state index contributed by atoms with van der Waals surface area (Å²) in [5.74, 6) is 1.17. The zero-order valence-corrected chi connectivity index (χ0v) is 11.0. The van der Waals surface area contributed by atoms with Crippen molar-refractivity contribution < 1.29 is 4.42 Å². The fourth-order valence-electron chi connectivity index (χ4n) is 2.39. The monoisotopic (exact) mass is 264 g/mol. The minimum atomic E-state index is 0.354. The first-order valence-electron chi connectivity index (χ1n) is 6.53. The van der Waals surface area contributed by atoms with Crippen molar-refractivity contribution in [1.29, 1.82) is 0 Å². The molecule has 1 aromatic heterocycles. The number of hydrogen-bond acceptors (Lipinski definition) is 3. The van der Waals surface area contributed by atoms with Crippen molar-refractivity contribution in [3.05, 3.63) is 66.2 Å². The molecule has 0 unspecified atom stereocenters. The van der Waals surface area contributed by atoms with Crippen molar-refractivity contribution in [1.82, 2.24) is 0 Å². The van der Waals surface area contributed by atoms with Crippen molar-refractivity contribution >= 4 is 5.88 Å². The highest BCUT2D eigenvalue weighted by atomic mass is 16.4. The van der Waals surface area contributed by atoms with Crippen LogP contribution >= 0.6 is 0 Å². The van der Waals surface area contributed by atoms with E-state index in [4.69, 9.17) is 15.9 Å². The Morgan fingerprint density at radius 1 is 0.800 bits per heavy atom. The van der Waals surface area contributed by atoms with Crippen LogP contribution in [0.15, 0.2) is 65.1 Å². The highest BCUT2D eigenvalue weighted by molar-refractivity contribution is 5.85. The van der Waals surface area contributed by atoms with E-state index < -0.39 is 0 Å². The molecule has 0 saturated carbocycles. The number of anilines is 1. The van der Waals surface area contributed by atoms with Crippen molar-refractivity contribution in [3.8, 4) is 22.5 Å². The summed E-state index contributed by atoms with van der Waals surface area (Å²) in [7, 11) is 0. The van der Waals surface area contributed by atoms with E-state index in [9.17, 15) is 0 Å². The lowest BCUT2D eigenvalue weighted by Crippen LogP contribution is -2.00. The Morgan fingerprint density at radius 2 is 1.35 bits per heavy atom. The Morgan fingerprint density at radius 3 is 1.90 bits per heavy atom. The lowest BCUT2D eigenvalue weighted by atomic mass is 9.98. The third kappa shape index (κ3) is 2.08. The minimum Gasteiger partial charge on any atom is -0.440 e. The van der Waals surface area contributed by atoms with E-state index in [1.165, 1.54) is 0 Å². The van der Waals surface area contributed by atoms with Crippen LogP contribution < -0.4 is 11.5 Å². The zero-order chi connectivity index (χ0) is 13.9. The second-order valence-electron chi connectivity index (χ2n) is 4.59. The molecule has 4 N–H and O–H groups in total. The third-order valence-electron chi connectivity index (χ3n) is 3.34. The Balaban J connectivity index is 2.26. The SMILES string of the molecule is NCc1c(N)oc(-c2ccccc2)c1-c1ccccc1. The molecule has 0 spiro atoms. The summed E-state index contributed by atoms with van der Waals surface area (Å²) in [6.45, 7) is 0.354. The Bertz CT molecular complexity index is 703. The van der Waals surface area contributed by atoms with Crippen molar-refractivity contribution in [2.24, 2.45) is 5.73 Å². The van der Waals surface area contributed by atoms with E-state index in [0.717, 1.165) is 28.0 Å². The van der Waals surface area contributed by atoms with Crippen LogP contribution in [0, 0.1) is 0 Å². The lowest BCUT2D eigenvalue weighted by molar-refractivity contribution is 0.600. The van der Waals surface area contributed by atoms with Gasteiger partial charge in [-0.3, -0.25) is 0 Å². The molecule has 2 aromatic carbocycles. The molecule has 0 radical (unpaired) electrons. The van der Waals surface area contributed by atoms with Crippen molar-refractivity contribution in [2.45, 2.75) is 6.54 Å². The molecule has 0 saturated heterocycles. The molecule has 100 valence electrons. The summed E-state index contributed by atoms with van der Waals surface area (Å²) in [4.78, 5) is 0. The smallest absolute Gasteiger partial charge is 0.196 e. The van der Waals surface area contributed by atoms with Gasteiger partial charge < -0.3 is 15.9 Å². The van der Waals surface area contributed by atoms with Gasteiger partial charge in [0.25, 0.3) is 0 Å². The molecule has 3 heteroatoms. The maximum atomic E-state index is 5.98. The molecule has 3 nitrogen and oxygen atoms in total. The average Bonchev–Trinajstić information content (AvgIpc) is 2.85. The molecule has 0 aliphatic rings. The number of nitrogen functional groups attached to an aromatic ring is 1. The molecular formula is C17H16N2O. The fraction of sp³-hybridized carbons (Fsp3) is 0.0588. The number of rotatable bonds is 3. The summed E-state index contributed by atoms with van der Waals surface area (Å²) in [5, 5.41) is 0. The minimum absolute atomic E-state index is 0.354. The van der Waals surface area contributed by atoms with Gasteiger partial charge in [-0.15, -0.1) is 0 Å². The van der Waals surface area contributed by atoms with Crippen LogP contribution in [0.25, 0.3) is 22.5 Å². The van der Waals surface area contributed by atoms with Gasteiger partial charge in [0.05, 0.1) is 0 Å². The highest BCUT2D eigenvalue weighted by Gasteiger charge is 2.19. The third-order valence-corrected chi connectivity index (χ3v) is 3.34. The molecule has 0 aliphatic carbocycles. The standard InChI is InChI=1S/C17H16N2O/c18-11-14-15(12-7-3-1-4-8-12)16(20-17(14)19)13-9-5-2-6-10-13/h1-10H,11,18-19H2. The van der Waals surface area contributed by atoms with E-state index in [1.54, 1.807) is 0 Å². The van der Waals surface area contributed by atoms with Gasteiger partial charge in [-0.25, -0.2) is 0 Å². The summed E-state index contributed by atoms with van der Waals surface area (Å²) in [6, 6.07) is 20.0. The largest absolute Gasteiger partial charge is 0.440 e. The molecule has 0 aliphatic heterocycles. The average molecular weight is 264 g/mol. The fourth-order valence-corrected chi connectivity index (χ4v) is 2.39.